The van der Waals surface area contributed by atoms with Crippen LogP contribution in [0.25, 0.3) is 0 Å². The van der Waals surface area contributed by atoms with Gasteiger partial charge in [-0.3, -0.25) is 23.7 Å². The van der Waals surface area contributed by atoms with Gasteiger partial charge in [0.25, 0.3) is 0 Å². The smallest absolute Gasteiger partial charge is 0.308 e. The first-order valence-electron chi connectivity index (χ1n) is 10.6. The third kappa shape index (κ3) is 3.54. The van der Waals surface area contributed by atoms with E-state index < -0.39 is 22.5 Å². The first kappa shape index (κ1) is 22.4. The highest BCUT2D eigenvalue weighted by Crippen LogP contribution is 2.54. The number of carbonyl (C=O) groups is 3. The minimum atomic E-state index is -0.760. The molecule has 0 saturated carbocycles. The van der Waals surface area contributed by atoms with E-state index in [9.17, 15) is 24.3 Å². The van der Waals surface area contributed by atoms with Crippen molar-refractivity contribution in [3.8, 4) is 5.75 Å². The van der Waals surface area contributed by atoms with Gasteiger partial charge in [0.15, 0.2) is 0 Å². The number of nitrogens with one attached hydrogen (secondary N) is 1. The predicted molar refractivity (Wildman–Crippen MR) is 130 cm³/mol. The lowest BCUT2D eigenvalue weighted by Crippen LogP contribution is -2.41. The Bertz CT molecular complexity index is 1360. The van der Waals surface area contributed by atoms with Crippen molar-refractivity contribution in [3.63, 3.8) is 0 Å². The minimum absolute atomic E-state index is 0.0784. The molecule has 1 saturated heterocycles. The first-order valence-corrected chi connectivity index (χ1v) is 12.3. The Morgan fingerprint density at radius 2 is 1.71 bits per heavy atom. The molecule has 0 aliphatic carbocycles. The van der Waals surface area contributed by atoms with Crippen LogP contribution in [0.1, 0.15) is 18.7 Å². The molecule has 8 nitrogen and oxygen atoms in total. The van der Waals surface area contributed by atoms with E-state index in [2.05, 4.69) is 5.32 Å². The van der Waals surface area contributed by atoms with Crippen molar-refractivity contribution >= 4 is 52.2 Å². The number of hydrogen-bond donors (Lipinski definition) is 2. The molecule has 1 aromatic heterocycles. The van der Waals surface area contributed by atoms with Crippen LogP contribution in [-0.2, 0) is 26.3 Å². The van der Waals surface area contributed by atoms with E-state index >= 15 is 0 Å². The number of rotatable bonds is 4. The monoisotopic (exact) mass is 495 g/mol. The second-order valence-electron chi connectivity index (χ2n) is 8.77. The second kappa shape index (κ2) is 8.14. The summed E-state index contributed by atoms with van der Waals surface area (Å²) in [5.41, 5.74) is 0.254. The average Bonchev–Trinajstić information content (AvgIpc) is 3.25. The van der Waals surface area contributed by atoms with Gasteiger partial charge in [-0.1, -0.05) is 55.1 Å². The molecule has 0 radical (unpaired) electrons. The predicted octanol–water partition coefficient (Wildman–Crippen LogP) is 3.20. The molecule has 1 fully saturated rings. The van der Waals surface area contributed by atoms with E-state index in [1.54, 1.807) is 36.4 Å². The fourth-order valence-electron chi connectivity index (χ4n) is 4.49. The number of imide groups is 1. The van der Waals surface area contributed by atoms with E-state index in [0.717, 1.165) is 11.3 Å². The molecule has 34 heavy (non-hydrogen) atoms. The number of phenolic OH excluding ortho intramolecular Hbond substituents is 1. The number of nitrogens with zero attached hydrogens (tertiary/aromatic N) is 2. The van der Waals surface area contributed by atoms with E-state index in [1.165, 1.54) is 33.4 Å². The van der Waals surface area contributed by atoms with Gasteiger partial charge >= 0.3 is 4.87 Å². The van der Waals surface area contributed by atoms with Crippen molar-refractivity contribution in [2.75, 3.05) is 10.2 Å². The zero-order chi connectivity index (χ0) is 24.2. The molecular weight excluding hydrogens is 474 g/mol. The van der Waals surface area contributed by atoms with Crippen LogP contribution >= 0.6 is 23.1 Å². The Morgan fingerprint density at radius 1 is 1.03 bits per heavy atom. The summed E-state index contributed by atoms with van der Waals surface area (Å²) in [7, 11) is 0. The fourth-order valence-corrected chi connectivity index (χ4v) is 7.53. The van der Waals surface area contributed by atoms with Crippen LogP contribution in [-0.4, -0.2) is 32.6 Å². The molecule has 3 heterocycles. The number of thioether (sulfide) groups is 1. The standard InChI is InChI=1S/C24H21N3O5S2/c1-24(2)17-18(21(31)27(20(17)30)14-6-4-3-5-7-14)33-22-19(24)34-23(32)26(22)12-16(29)25-13-8-10-15(28)11-9-13/h3-11,17-18,28H,12H2,1-2H3,(H,25,29). The molecule has 0 bridgehead atoms. The topological polar surface area (TPSA) is 109 Å². The van der Waals surface area contributed by atoms with Crippen molar-refractivity contribution in [2.45, 2.75) is 36.1 Å². The summed E-state index contributed by atoms with van der Waals surface area (Å²) >= 11 is 2.20. The van der Waals surface area contributed by atoms with Gasteiger partial charge < -0.3 is 10.4 Å². The summed E-state index contributed by atoms with van der Waals surface area (Å²) in [4.78, 5) is 53.9. The van der Waals surface area contributed by atoms with Crippen molar-refractivity contribution in [2.24, 2.45) is 5.92 Å². The summed E-state index contributed by atoms with van der Waals surface area (Å²) in [5.74, 6) is -1.54. The Balaban J connectivity index is 1.47. The van der Waals surface area contributed by atoms with Crippen LogP contribution in [0.4, 0.5) is 11.4 Å². The number of para-hydroxylation sites is 1. The zero-order valence-electron chi connectivity index (χ0n) is 18.3. The Morgan fingerprint density at radius 3 is 2.38 bits per heavy atom. The largest absolute Gasteiger partial charge is 0.508 e. The van der Waals surface area contributed by atoms with Crippen LogP contribution in [0.15, 0.2) is 64.4 Å². The molecule has 5 rings (SSSR count). The lowest BCUT2D eigenvalue weighted by atomic mass is 9.76. The number of thiazole rings is 1. The summed E-state index contributed by atoms with van der Waals surface area (Å²) < 4.78 is 1.38. The van der Waals surface area contributed by atoms with Gasteiger partial charge in [-0.2, -0.15) is 0 Å². The highest BCUT2D eigenvalue weighted by Gasteiger charge is 2.59. The van der Waals surface area contributed by atoms with Crippen molar-refractivity contribution in [1.29, 1.82) is 0 Å². The molecule has 0 spiro atoms. The Hall–Kier alpha value is -3.37. The molecule has 2 unspecified atom stereocenters. The number of carbonyl (C=O) groups excluding carboxylic acids is 3. The number of hydrogen-bond acceptors (Lipinski definition) is 7. The maximum Gasteiger partial charge on any atom is 0.308 e. The number of benzene rings is 2. The van der Waals surface area contributed by atoms with E-state index in [-0.39, 0.29) is 29.0 Å². The fraction of sp³-hybridized carbons (Fsp3) is 0.250. The maximum absolute atomic E-state index is 13.4. The van der Waals surface area contributed by atoms with Crippen molar-refractivity contribution in [3.05, 3.63) is 69.1 Å². The Labute approximate surface area is 203 Å². The number of aromatic hydroxyl groups is 1. The average molecular weight is 496 g/mol. The molecule has 2 N–H and O–H groups in total. The molecule has 3 amide bonds. The number of phenols is 1. The summed E-state index contributed by atoms with van der Waals surface area (Å²) in [5, 5.41) is 12.0. The maximum atomic E-state index is 13.4. The van der Waals surface area contributed by atoms with Crippen LogP contribution in [0.3, 0.4) is 0 Å². The molecular formula is C24H21N3O5S2. The summed E-state index contributed by atoms with van der Waals surface area (Å²) in [6.45, 7) is 3.52. The summed E-state index contributed by atoms with van der Waals surface area (Å²) in [6, 6.07) is 14.8. The number of aromatic nitrogens is 1. The second-order valence-corrected chi connectivity index (χ2v) is 10.9. The van der Waals surface area contributed by atoms with E-state index in [4.69, 9.17) is 0 Å². The van der Waals surface area contributed by atoms with Crippen LogP contribution in [0, 0.1) is 5.92 Å². The molecule has 2 aliphatic heterocycles. The van der Waals surface area contributed by atoms with Gasteiger partial charge in [0.05, 0.1) is 16.6 Å². The lowest BCUT2D eigenvalue weighted by molar-refractivity contribution is -0.123. The number of fused-ring (bicyclic) bond motifs is 2. The molecule has 2 aliphatic rings. The Kier molecular flexibility index (Phi) is 5.37. The number of anilines is 2. The zero-order valence-corrected chi connectivity index (χ0v) is 20.0. The van der Waals surface area contributed by atoms with Crippen molar-refractivity contribution < 1.29 is 19.5 Å². The van der Waals surface area contributed by atoms with Gasteiger partial charge in [-0.25, -0.2) is 4.90 Å². The van der Waals surface area contributed by atoms with Gasteiger partial charge in [0, 0.05) is 16.0 Å². The third-order valence-electron chi connectivity index (χ3n) is 6.17. The van der Waals surface area contributed by atoms with Crippen LogP contribution < -0.4 is 15.1 Å². The van der Waals surface area contributed by atoms with E-state index in [0.29, 0.717) is 21.3 Å². The van der Waals surface area contributed by atoms with E-state index in [1.807, 2.05) is 19.9 Å². The highest BCUT2D eigenvalue weighted by molar-refractivity contribution is 8.00. The highest BCUT2D eigenvalue weighted by atomic mass is 32.2. The van der Waals surface area contributed by atoms with Crippen LogP contribution in [0.5, 0.6) is 5.75 Å². The molecule has 2 atom stereocenters. The van der Waals surface area contributed by atoms with Gasteiger partial charge in [0.2, 0.25) is 17.7 Å². The molecule has 174 valence electrons. The molecule has 10 heteroatoms. The third-order valence-corrected chi connectivity index (χ3v) is 8.99. The van der Waals surface area contributed by atoms with Crippen molar-refractivity contribution in [1.82, 2.24) is 4.57 Å². The molecule has 2 aromatic carbocycles. The summed E-state index contributed by atoms with van der Waals surface area (Å²) in [6.07, 6.45) is 0. The quantitative estimate of drug-likeness (QED) is 0.425. The SMILES string of the molecule is CC1(C)c2sc(=O)n(CC(=O)Nc3ccc(O)cc3)c2SC2C(=O)N(c3ccccc3)C(=O)C21. The van der Waals surface area contributed by atoms with Gasteiger partial charge in [-0.15, -0.1) is 0 Å². The lowest BCUT2D eigenvalue weighted by Gasteiger charge is -2.36. The van der Waals surface area contributed by atoms with Gasteiger partial charge in [0.1, 0.15) is 17.5 Å². The number of amides is 3. The van der Waals surface area contributed by atoms with Gasteiger partial charge in [-0.05, 0) is 36.4 Å². The normalized spacial score (nSPS) is 20.7. The molecule has 3 aromatic rings. The van der Waals surface area contributed by atoms with Crippen LogP contribution in [0.2, 0.25) is 0 Å². The minimum Gasteiger partial charge on any atom is -0.508 e. The first-order chi connectivity index (χ1) is 16.2.